The summed E-state index contributed by atoms with van der Waals surface area (Å²) in [6.07, 6.45) is 2.03. The third-order valence-corrected chi connectivity index (χ3v) is 7.04. The van der Waals surface area contributed by atoms with Crippen LogP contribution in [0.2, 0.25) is 5.02 Å². The molecule has 0 saturated carbocycles. The Hall–Kier alpha value is -1.71. The number of carbonyl (C=O) groups is 1. The second kappa shape index (κ2) is 9.62. The molecule has 0 unspecified atom stereocenters. The minimum Gasteiger partial charge on any atom is -0.379 e. The first-order chi connectivity index (χ1) is 14.5. The van der Waals surface area contributed by atoms with Gasteiger partial charge in [0, 0.05) is 31.1 Å². The minimum absolute atomic E-state index is 0.0992. The highest BCUT2D eigenvalue weighted by molar-refractivity contribution is 7.98. The van der Waals surface area contributed by atoms with E-state index in [4.69, 9.17) is 21.3 Å². The summed E-state index contributed by atoms with van der Waals surface area (Å²) in [5.41, 5.74) is 1.12. The van der Waals surface area contributed by atoms with Gasteiger partial charge in [0.05, 0.1) is 34.0 Å². The smallest absolute Gasteiger partial charge is 0.261 e. The molecule has 5 nitrogen and oxygen atoms in total. The van der Waals surface area contributed by atoms with Gasteiger partial charge >= 0.3 is 0 Å². The lowest BCUT2D eigenvalue weighted by Gasteiger charge is -2.29. The highest BCUT2D eigenvalue weighted by Crippen LogP contribution is 2.33. The summed E-state index contributed by atoms with van der Waals surface area (Å²) < 4.78 is 19.9. The largest absolute Gasteiger partial charge is 0.379 e. The normalized spacial score (nSPS) is 14.9. The topological polar surface area (TPSA) is 45.7 Å². The highest BCUT2D eigenvalue weighted by atomic mass is 35.5. The van der Waals surface area contributed by atoms with E-state index < -0.39 is 5.82 Å². The molecule has 0 spiro atoms. The lowest BCUT2D eigenvalue weighted by atomic mass is 10.2. The van der Waals surface area contributed by atoms with Crippen LogP contribution in [0.3, 0.4) is 0 Å². The second-order valence-electron chi connectivity index (χ2n) is 6.87. The number of rotatable bonds is 6. The SMILES string of the molecule is CSc1ccc2nc(N(CCN3CCOCC3)C(=O)c3ccc(F)cc3Cl)sc2c1. The van der Waals surface area contributed by atoms with Crippen molar-refractivity contribution in [2.24, 2.45) is 0 Å². The first-order valence-corrected chi connectivity index (χ1v) is 12.0. The quantitative estimate of drug-likeness (QED) is 0.490. The maximum atomic E-state index is 13.5. The van der Waals surface area contributed by atoms with Gasteiger partial charge < -0.3 is 4.74 Å². The number of hydrogen-bond donors (Lipinski definition) is 0. The Labute approximate surface area is 187 Å². The monoisotopic (exact) mass is 465 g/mol. The van der Waals surface area contributed by atoms with Crippen LogP contribution in [0.5, 0.6) is 0 Å². The van der Waals surface area contributed by atoms with E-state index in [9.17, 15) is 9.18 Å². The number of morpholine rings is 1. The van der Waals surface area contributed by atoms with Crippen molar-refractivity contribution in [3.63, 3.8) is 0 Å². The van der Waals surface area contributed by atoms with E-state index in [2.05, 4.69) is 11.0 Å². The summed E-state index contributed by atoms with van der Waals surface area (Å²) in [4.78, 5) is 23.1. The van der Waals surface area contributed by atoms with Crippen molar-refractivity contribution >= 4 is 56.0 Å². The molecular formula is C21H21ClFN3O2S2. The summed E-state index contributed by atoms with van der Waals surface area (Å²) in [6, 6.07) is 9.92. The van der Waals surface area contributed by atoms with Gasteiger partial charge in [0.15, 0.2) is 5.13 Å². The zero-order valence-electron chi connectivity index (χ0n) is 16.4. The summed E-state index contributed by atoms with van der Waals surface area (Å²) in [5, 5.41) is 0.712. The molecule has 0 bridgehead atoms. The zero-order chi connectivity index (χ0) is 21.1. The van der Waals surface area contributed by atoms with Gasteiger partial charge in [0.1, 0.15) is 5.82 Å². The summed E-state index contributed by atoms with van der Waals surface area (Å²) >= 11 is 9.33. The van der Waals surface area contributed by atoms with E-state index >= 15 is 0 Å². The Kier molecular flexibility index (Phi) is 6.90. The van der Waals surface area contributed by atoms with Gasteiger partial charge in [-0.2, -0.15) is 0 Å². The number of halogens is 2. The zero-order valence-corrected chi connectivity index (χ0v) is 18.8. The van der Waals surface area contributed by atoms with E-state index in [0.717, 1.165) is 34.3 Å². The van der Waals surface area contributed by atoms with E-state index in [1.54, 1.807) is 16.7 Å². The van der Waals surface area contributed by atoms with Crippen LogP contribution in [-0.4, -0.2) is 61.4 Å². The van der Waals surface area contributed by atoms with Gasteiger partial charge in [0.2, 0.25) is 0 Å². The molecule has 2 aromatic carbocycles. The highest BCUT2D eigenvalue weighted by Gasteiger charge is 2.24. The van der Waals surface area contributed by atoms with E-state index in [0.29, 0.717) is 31.4 Å². The number of aromatic nitrogens is 1. The lowest BCUT2D eigenvalue weighted by Crippen LogP contribution is -2.43. The van der Waals surface area contributed by atoms with Crippen molar-refractivity contribution in [1.29, 1.82) is 0 Å². The van der Waals surface area contributed by atoms with E-state index in [-0.39, 0.29) is 16.5 Å². The number of anilines is 1. The summed E-state index contributed by atoms with van der Waals surface area (Å²) in [5.74, 6) is -0.751. The first-order valence-electron chi connectivity index (χ1n) is 9.57. The number of fused-ring (bicyclic) bond motifs is 1. The Morgan fingerprint density at radius 3 is 2.83 bits per heavy atom. The number of thioether (sulfide) groups is 1. The molecule has 0 atom stereocenters. The van der Waals surface area contributed by atoms with Crippen molar-refractivity contribution in [3.8, 4) is 0 Å². The van der Waals surface area contributed by atoms with Crippen LogP contribution in [0.25, 0.3) is 10.2 Å². The number of benzene rings is 2. The second-order valence-corrected chi connectivity index (χ2v) is 9.16. The maximum absolute atomic E-state index is 13.5. The Morgan fingerprint density at radius 1 is 1.30 bits per heavy atom. The van der Waals surface area contributed by atoms with Crippen molar-refractivity contribution in [3.05, 3.63) is 52.8 Å². The molecule has 9 heteroatoms. The van der Waals surface area contributed by atoms with Gasteiger partial charge in [-0.3, -0.25) is 14.6 Å². The Balaban J connectivity index is 1.66. The molecule has 0 radical (unpaired) electrons. The molecule has 0 aliphatic carbocycles. The number of ether oxygens (including phenoxy) is 1. The molecule has 3 aromatic rings. The van der Waals surface area contributed by atoms with Crippen LogP contribution in [0.4, 0.5) is 9.52 Å². The molecule has 1 aromatic heterocycles. The summed E-state index contributed by atoms with van der Waals surface area (Å²) in [7, 11) is 0. The minimum atomic E-state index is -0.471. The number of thiazole rings is 1. The molecule has 158 valence electrons. The third-order valence-electron chi connectivity index (χ3n) is 4.97. The van der Waals surface area contributed by atoms with Crippen LogP contribution >= 0.6 is 34.7 Å². The number of nitrogens with zero attached hydrogens (tertiary/aromatic N) is 3. The van der Waals surface area contributed by atoms with Crippen LogP contribution in [0.1, 0.15) is 10.4 Å². The fraction of sp³-hybridized carbons (Fsp3) is 0.333. The van der Waals surface area contributed by atoms with Gasteiger partial charge in [-0.25, -0.2) is 9.37 Å². The molecule has 30 heavy (non-hydrogen) atoms. The molecule has 1 aliphatic rings. The van der Waals surface area contributed by atoms with Crippen LogP contribution in [0, 0.1) is 5.82 Å². The average molecular weight is 466 g/mol. The number of carbonyl (C=O) groups excluding carboxylic acids is 1. The van der Waals surface area contributed by atoms with Crippen molar-refractivity contribution in [1.82, 2.24) is 9.88 Å². The third kappa shape index (κ3) is 4.78. The van der Waals surface area contributed by atoms with E-state index in [1.165, 1.54) is 23.5 Å². The molecule has 0 N–H and O–H groups in total. The average Bonchev–Trinajstić information content (AvgIpc) is 3.17. The predicted molar refractivity (Wildman–Crippen MR) is 122 cm³/mol. The standard InChI is InChI=1S/C21H21ClFN3O2S2/c1-29-15-3-5-18-19(13-15)30-21(24-18)26(7-6-25-8-10-28-11-9-25)20(27)16-4-2-14(23)12-17(16)22/h2-5,12-13H,6-11H2,1H3. The maximum Gasteiger partial charge on any atom is 0.261 e. The predicted octanol–water partition coefficient (Wildman–Crippen LogP) is 4.79. The van der Waals surface area contributed by atoms with Gasteiger partial charge in [-0.1, -0.05) is 22.9 Å². The molecule has 4 rings (SSSR count). The Morgan fingerprint density at radius 2 is 2.10 bits per heavy atom. The van der Waals surface area contributed by atoms with Crippen molar-refractivity contribution < 1.29 is 13.9 Å². The molecule has 1 saturated heterocycles. The fourth-order valence-corrected chi connectivity index (χ4v) is 5.09. The van der Waals surface area contributed by atoms with Crippen LogP contribution in [0.15, 0.2) is 41.3 Å². The summed E-state index contributed by atoms with van der Waals surface area (Å²) in [6.45, 7) is 4.20. The Bertz CT molecular complexity index is 1060. The fourth-order valence-electron chi connectivity index (χ4n) is 3.29. The molecule has 1 amide bonds. The van der Waals surface area contributed by atoms with Crippen LogP contribution in [-0.2, 0) is 4.74 Å². The van der Waals surface area contributed by atoms with Gasteiger partial charge in [0.25, 0.3) is 5.91 Å². The van der Waals surface area contributed by atoms with E-state index in [1.807, 2.05) is 18.4 Å². The van der Waals surface area contributed by atoms with Crippen molar-refractivity contribution in [2.75, 3.05) is 50.5 Å². The molecular weight excluding hydrogens is 445 g/mol. The lowest BCUT2D eigenvalue weighted by molar-refractivity contribution is 0.0391. The van der Waals surface area contributed by atoms with Gasteiger partial charge in [-0.15, -0.1) is 11.8 Å². The van der Waals surface area contributed by atoms with Gasteiger partial charge in [-0.05, 0) is 42.7 Å². The number of amides is 1. The molecule has 1 fully saturated rings. The first kappa shape index (κ1) is 21.5. The number of hydrogen-bond acceptors (Lipinski definition) is 6. The molecule has 2 heterocycles. The van der Waals surface area contributed by atoms with Crippen molar-refractivity contribution in [2.45, 2.75) is 4.90 Å². The van der Waals surface area contributed by atoms with Crippen LogP contribution < -0.4 is 4.90 Å². The molecule has 1 aliphatic heterocycles.